The zero-order chi connectivity index (χ0) is 12.3. The van der Waals surface area contributed by atoms with Crippen LogP contribution in [0.1, 0.15) is 27.7 Å². The number of hydrogen-bond donors (Lipinski definition) is 1. The number of ether oxygens (including phenoxy) is 3. The summed E-state index contributed by atoms with van der Waals surface area (Å²) in [4.78, 5) is 0. The first-order valence-corrected chi connectivity index (χ1v) is 6.04. The molecule has 0 saturated carbocycles. The van der Waals surface area contributed by atoms with Crippen LogP contribution in [0, 0.1) is 0 Å². The topological polar surface area (TPSA) is 39.7 Å². The number of hydrogen-bond acceptors (Lipinski definition) is 4. The summed E-state index contributed by atoms with van der Waals surface area (Å²) in [7, 11) is 0. The summed E-state index contributed by atoms with van der Waals surface area (Å²) in [5.74, 6) is 0. The molecule has 0 aromatic heterocycles. The summed E-state index contributed by atoms with van der Waals surface area (Å²) in [6, 6.07) is 0. The average Bonchev–Trinajstić information content (AvgIpc) is 2.19. The Kier molecular flexibility index (Phi) is 9.92. The Bertz CT molecular complexity index is 146. The minimum absolute atomic E-state index is 0.164. The van der Waals surface area contributed by atoms with E-state index in [1.807, 2.05) is 6.92 Å². The van der Waals surface area contributed by atoms with Crippen LogP contribution in [0.4, 0.5) is 0 Å². The molecule has 0 atom stereocenters. The molecule has 98 valence electrons. The van der Waals surface area contributed by atoms with E-state index in [2.05, 4.69) is 26.1 Å². The fourth-order valence-corrected chi connectivity index (χ4v) is 1.08. The van der Waals surface area contributed by atoms with E-state index in [1.165, 1.54) is 0 Å². The third-order valence-corrected chi connectivity index (χ3v) is 1.85. The average molecular weight is 233 g/mol. The molecule has 0 fully saturated rings. The molecule has 1 N–H and O–H groups in total. The molecule has 0 bridgehead atoms. The van der Waals surface area contributed by atoms with Gasteiger partial charge in [-0.05, 0) is 27.7 Å². The Balaban J connectivity index is 2.99. The highest BCUT2D eigenvalue weighted by atomic mass is 16.5. The lowest BCUT2D eigenvalue weighted by molar-refractivity contribution is 0.0169. The summed E-state index contributed by atoms with van der Waals surface area (Å²) >= 11 is 0. The van der Waals surface area contributed by atoms with Gasteiger partial charge in [-0.1, -0.05) is 0 Å². The number of nitrogens with one attached hydrogen (secondary N) is 1. The van der Waals surface area contributed by atoms with Gasteiger partial charge in [0.05, 0.1) is 33.0 Å². The largest absolute Gasteiger partial charge is 0.379 e. The third-order valence-electron chi connectivity index (χ3n) is 1.85. The van der Waals surface area contributed by atoms with E-state index >= 15 is 0 Å². The molecule has 0 rings (SSSR count). The molecule has 0 unspecified atom stereocenters. The fourth-order valence-electron chi connectivity index (χ4n) is 1.08. The summed E-state index contributed by atoms with van der Waals surface area (Å²) in [6.45, 7) is 13.4. The predicted octanol–water partition coefficient (Wildman–Crippen LogP) is 1.44. The normalized spacial score (nSPS) is 12.0. The fraction of sp³-hybridized carbons (Fsp3) is 1.00. The molecular weight excluding hydrogens is 206 g/mol. The Morgan fingerprint density at radius 3 is 1.81 bits per heavy atom. The Labute approximate surface area is 99.6 Å². The first kappa shape index (κ1) is 15.8. The van der Waals surface area contributed by atoms with Crippen LogP contribution < -0.4 is 5.32 Å². The molecule has 0 aromatic rings. The van der Waals surface area contributed by atoms with Gasteiger partial charge in [-0.25, -0.2) is 0 Å². The van der Waals surface area contributed by atoms with Crippen LogP contribution in [0.15, 0.2) is 0 Å². The summed E-state index contributed by atoms with van der Waals surface area (Å²) in [5, 5.41) is 3.35. The monoisotopic (exact) mass is 233 g/mol. The van der Waals surface area contributed by atoms with Crippen molar-refractivity contribution in [2.24, 2.45) is 0 Å². The van der Waals surface area contributed by atoms with Crippen LogP contribution in [-0.4, -0.2) is 51.7 Å². The second-order valence-electron chi connectivity index (χ2n) is 4.60. The summed E-state index contributed by atoms with van der Waals surface area (Å²) in [6.07, 6.45) is 0. The van der Waals surface area contributed by atoms with E-state index < -0.39 is 0 Å². The van der Waals surface area contributed by atoms with E-state index in [0.29, 0.717) is 26.4 Å². The first-order valence-electron chi connectivity index (χ1n) is 6.04. The van der Waals surface area contributed by atoms with Gasteiger partial charge in [0.15, 0.2) is 0 Å². The molecule has 0 saturated heterocycles. The molecule has 0 aliphatic heterocycles. The molecule has 4 heteroatoms. The smallest absolute Gasteiger partial charge is 0.0701 e. The summed E-state index contributed by atoms with van der Waals surface area (Å²) in [5.41, 5.74) is 0.164. The van der Waals surface area contributed by atoms with Crippen molar-refractivity contribution in [2.75, 3.05) is 46.2 Å². The molecule has 0 radical (unpaired) electrons. The van der Waals surface area contributed by atoms with Crippen molar-refractivity contribution in [2.45, 2.75) is 33.2 Å². The van der Waals surface area contributed by atoms with Gasteiger partial charge in [-0.2, -0.15) is 0 Å². The van der Waals surface area contributed by atoms with Crippen molar-refractivity contribution in [1.29, 1.82) is 0 Å². The van der Waals surface area contributed by atoms with Crippen LogP contribution in [0.5, 0.6) is 0 Å². The van der Waals surface area contributed by atoms with Crippen LogP contribution in [0.3, 0.4) is 0 Å². The lowest BCUT2D eigenvalue weighted by Crippen LogP contribution is -2.38. The lowest BCUT2D eigenvalue weighted by Gasteiger charge is -2.20. The van der Waals surface area contributed by atoms with Crippen molar-refractivity contribution in [3.63, 3.8) is 0 Å². The van der Waals surface area contributed by atoms with Gasteiger partial charge in [-0.3, -0.25) is 0 Å². The molecule has 0 heterocycles. The zero-order valence-electron chi connectivity index (χ0n) is 11.2. The Hall–Kier alpha value is -0.160. The predicted molar refractivity (Wildman–Crippen MR) is 65.9 cm³/mol. The summed E-state index contributed by atoms with van der Waals surface area (Å²) < 4.78 is 15.9. The maximum atomic E-state index is 5.41. The highest BCUT2D eigenvalue weighted by molar-refractivity contribution is 4.69. The molecule has 0 aliphatic carbocycles. The van der Waals surface area contributed by atoms with Gasteiger partial charge in [-0.15, -0.1) is 0 Å². The SMILES string of the molecule is CCOCCOCCOCCNC(C)(C)C. The molecule has 0 aliphatic rings. The van der Waals surface area contributed by atoms with Crippen molar-refractivity contribution in [3.8, 4) is 0 Å². The van der Waals surface area contributed by atoms with Crippen molar-refractivity contribution in [3.05, 3.63) is 0 Å². The second-order valence-corrected chi connectivity index (χ2v) is 4.60. The molecular formula is C12H27NO3. The first-order chi connectivity index (χ1) is 7.56. The quantitative estimate of drug-likeness (QED) is 0.580. The second kappa shape index (κ2) is 10.0. The Morgan fingerprint density at radius 1 is 0.812 bits per heavy atom. The van der Waals surface area contributed by atoms with E-state index in [-0.39, 0.29) is 5.54 Å². The standard InChI is InChI=1S/C12H27NO3/c1-5-14-8-9-16-11-10-15-7-6-13-12(2,3)4/h13H,5-11H2,1-4H3. The van der Waals surface area contributed by atoms with E-state index in [0.717, 1.165) is 19.8 Å². The van der Waals surface area contributed by atoms with Gasteiger partial charge >= 0.3 is 0 Å². The minimum atomic E-state index is 0.164. The van der Waals surface area contributed by atoms with E-state index in [4.69, 9.17) is 14.2 Å². The molecule has 16 heavy (non-hydrogen) atoms. The minimum Gasteiger partial charge on any atom is -0.379 e. The maximum Gasteiger partial charge on any atom is 0.0701 e. The zero-order valence-corrected chi connectivity index (χ0v) is 11.2. The van der Waals surface area contributed by atoms with Gasteiger partial charge in [0.25, 0.3) is 0 Å². The van der Waals surface area contributed by atoms with Crippen LogP contribution in [0.2, 0.25) is 0 Å². The highest BCUT2D eigenvalue weighted by Crippen LogP contribution is 1.96. The van der Waals surface area contributed by atoms with Crippen molar-refractivity contribution < 1.29 is 14.2 Å². The van der Waals surface area contributed by atoms with Gasteiger partial charge < -0.3 is 19.5 Å². The van der Waals surface area contributed by atoms with Crippen molar-refractivity contribution >= 4 is 0 Å². The molecule has 0 aromatic carbocycles. The third kappa shape index (κ3) is 13.8. The van der Waals surface area contributed by atoms with Crippen LogP contribution in [-0.2, 0) is 14.2 Å². The van der Waals surface area contributed by atoms with Crippen molar-refractivity contribution in [1.82, 2.24) is 5.32 Å². The molecule has 0 spiro atoms. The Morgan fingerprint density at radius 2 is 1.31 bits per heavy atom. The highest BCUT2D eigenvalue weighted by Gasteiger charge is 2.06. The van der Waals surface area contributed by atoms with E-state index in [1.54, 1.807) is 0 Å². The van der Waals surface area contributed by atoms with Crippen LogP contribution >= 0.6 is 0 Å². The van der Waals surface area contributed by atoms with Gasteiger partial charge in [0, 0.05) is 18.7 Å². The lowest BCUT2D eigenvalue weighted by atomic mass is 10.1. The maximum absolute atomic E-state index is 5.41. The van der Waals surface area contributed by atoms with E-state index in [9.17, 15) is 0 Å². The van der Waals surface area contributed by atoms with Crippen LogP contribution in [0.25, 0.3) is 0 Å². The van der Waals surface area contributed by atoms with Gasteiger partial charge in [0.2, 0.25) is 0 Å². The molecule has 4 nitrogen and oxygen atoms in total. The number of rotatable bonds is 10. The molecule has 0 amide bonds. The van der Waals surface area contributed by atoms with Gasteiger partial charge in [0.1, 0.15) is 0 Å².